The van der Waals surface area contributed by atoms with E-state index in [0.29, 0.717) is 0 Å². The third kappa shape index (κ3) is 2.91. The van der Waals surface area contributed by atoms with Crippen molar-refractivity contribution in [2.45, 2.75) is 0 Å². The second kappa shape index (κ2) is 6.48. The summed E-state index contributed by atoms with van der Waals surface area (Å²) in [6, 6.07) is 0. The van der Waals surface area contributed by atoms with Gasteiger partial charge in [-0.05, 0) is 0 Å². The van der Waals surface area contributed by atoms with Gasteiger partial charge in [0.2, 0.25) is 0 Å². The minimum absolute atomic E-state index is 0. The SMILES string of the molecule is ClOc1c(Cl)c(Cl)c(Cl)c(Cl)c1Cl.[Na]. The van der Waals surface area contributed by atoms with E-state index < -0.39 is 0 Å². The molecule has 73 valence electrons. The molecule has 0 heterocycles. The van der Waals surface area contributed by atoms with Crippen LogP contribution in [0.3, 0.4) is 0 Å². The Balaban J connectivity index is 0.00000169. The van der Waals surface area contributed by atoms with E-state index in [4.69, 9.17) is 69.9 Å². The van der Waals surface area contributed by atoms with Crippen LogP contribution in [0.2, 0.25) is 25.1 Å². The van der Waals surface area contributed by atoms with E-state index in [1.165, 1.54) is 0 Å². The van der Waals surface area contributed by atoms with Crippen LogP contribution in [-0.2, 0) is 0 Å². The van der Waals surface area contributed by atoms with E-state index in [0.717, 1.165) is 0 Å². The van der Waals surface area contributed by atoms with Gasteiger partial charge in [-0.2, -0.15) is 0 Å². The zero-order valence-electron chi connectivity index (χ0n) is 6.68. The van der Waals surface area contributed by atoms with Crippen LogP contribution >= 0.6 is 69.9 Å². The Bertz CT molecular complexity index is 326. The monoisotopic (exact) mass is 321 g/mol. The Morgan fingerprint density at radius 2 is 0.929 bits per heavy atom. The van der Waals surface area contributed by atoms with Gasteiger partial charge >= 0.3 is 0 Å². The number of halogens is 6. The first-order valence-corrected chi connectivity index (χ1v) is 5.00. The fourth-order valence-corrected chi connectivity index (χ4v) is 2.08. The van der Waals surface area contributed by atoms with Crippen LogP contribution in [0.1, 0.15) is 0 Å². The van der Waals surface area contributed by atoms with Gasteiger partial charge in [-0.1, -0.05) is 58.0 Å². The number of benzene rings is 1. The molecule has 0 atom stereocenters. The first kappa shape index (κ1) is 15.8. The summed E-state index contributed by atoms with van der Waals surface area (Å²) in [5.74, 6) is -0.00981. The molecule has 14 heavy (non-hydrogen) atoms. The van der Waals surface area contributed by atoms with Gasteiger partial charge in [0.15, 0.2) is 5.75 Å². The maximum absolute atomic E-state index is 5.71. The van der Waals surface area contributed by atoms with E-state index in [-0.39, 0.29) is 60.4 Å². The minimum Gasteiger partial charge on any atom is -0.382 e. The maximum atomic E-state index is 5.71. The minimum atomic E-state index is -0.00981. The largest absolute Gasteiger partial charge is 0.382 e. The standard InChI is InChI=1S/C6Cl6O.Na/c7-1-2(8)4(10)6(13-12)5(11)3(1)9;. The van der Waals surface area contributed by atoms with Crippen molar-refractivity contribution in [1.82, 2.24) is 0 Å². The zero-order valence-corrected chi connectivity index (χ0v) is 13.2. The molecule has 0 fully saturated rings. The third-order valence-electron chi connectivity index (χ3n) is 1.25. The van der Waals surface area contributed by atoms with Gasteiger partial charge in [0.25, 0.3) is 0 Å². The molecule has 1 aromatic rings. The molecule has 0 aliphatic heterocycles. The van der Waals surface area contributed by atoms with Gasteiger partial charge in [0, 0.05) is 29.6 Å². The summed E-state index contributed by atoms with van der Waals surface area (Å²) in [5, 5.41) is 0.213. The van der Waals surface area contributed by atoms with Gasteiger partial charge in [-0.25, -0.2) is 0 Å². The molecule has 1 nitrogen and oxygen atoms in total. The van der Waals surface area contributed by atoms with E-state index in [1.54, 1.807) is 0 Å². The van der Waals surface area contributed by atoms with Gasteiger partial charge in [-0.15, -0.1) is 0 Å². The molecular formula is C6Cl6NaO. The van der Waals surface area contributed by atoms with Crippen LogP contribution in [-0.4, -0.2) is 29.6 Å². The van der Waals surface area contributed by atoms with Crippen molar-refractivity contribution in [3.05, 3.63) is 25.1 Å². The molecule has 1 rings (SSSR count). The van der Waals surface area contributed by atoms with Crippen LogP contribution in [0.15, 0.2) is 0 Å². The maximum Gasteiger partial charge on any atom is 0.186 e. The predicted octanol–water partition coefficient (Wildman–Crippen LogP) is 5.11. The van der Waals surface area contributed by atoms with Crippen LogP contribution in [0.4, 0.5) is 0 Å². The molecule has 0 spiro atoms. The number of hydrogen-bond donors (Lipinski definition) is 0. The first-order chi connectivity index (χ1) is 6.00. The Morgan fingerprint density at radius 1 is 0.643 bits per heavy atom. The molecule has 0 saturated carbocycles. The Kier molecular flexibility index (Phi) is 7.30. The van der Waals surface area contributed by atoms with Gasteiger partial charge in [-0.3, -0.25) is 0 Å². The fraction of sp³-hybridized carbons (Fsp3) is 0. The number of rotatable bonds is 1. The van der Waals surface area contributed by atoms with Crippen LogP contribution < -0.4 is 4.29 Å². The number of hydrogen-bond acceptors (Lipinski definition) is 1. The Morgan fingerprint density at radius 3 is 1.21 bits per heavy atom. The van der Waals surface area contributed by atoms with Crippen molar-refractivity contribution in [2.75, 3.05) is 0 Å². The van der Waals surface area contributed by atoms with E-state index >= 15 is 0 Å². The smallest absolute Gasteiger partial charge is 0.186 e. The summed E-state index contributed by atoms with van der Waals surface area (Å²) >= 11 is 33.6. The normalized spacial score (nSPS) is 9.57. The molecule has 0 saturated heterocycles. The summed E-state index contributed by atoms with van der Waals surface area (Å²) < 4.78 is 4.37. The molecule has 0 unspecified atom stereocenters. The summed E-state index contributed by atoms with van der Waals surface area (Å²) in [6.07, 6.45) is 0. The molecule has 0 bridgehead atoms. The molecule has 0 aliphatic carbocycles. The summed E-state index contributed by atoms with van der Waals surface area (Å²) in [5.41, 5.74) is 0. The Labute approximate surface area is 133 Å². The molecule has 0 aromatic heterocycles. The van der Waals surface area contributed by atoms with Gasteiger partial charge in [0.1, 0.15) is 21.9 Å². The topological polar surface area (TPSA) is 9.23 Å². The van der Waals surface area contributed by atoms with Crippen molar-refractivity contribution in [2.24, 2.45) is 0 Å². The van der Waals surface area contributed by atoms with Crippen molar-refractivity contribution in [1.29, 1.82) is 0 Å². The third-order valence-corrected chi connectivity index (χ3v) is 3.64. The second-order valence-electron chi connectivity index (χ2n) is 1.98. The van der Waals surface area contributed by atoms with Gasteiger partial charge in [0.05, 0.1) is 15.1 Å². The average Bonchev–Trinajstić information content (AvgIpc) is 2.13. The molecule has 1 aromatic carbocycles. The van der Waals surface area contributed by atoms with E-state index in [2.05, 4.69) is 4.29 Å². The molecule has 1 radical (unpaired) electrons. The molecule has 0 N–H and O–H groups in total. The van der Waals surface area contributed by atoms with Crippen molar-refractivity contribution >= 4 is 99.4 Å². The Hall–Kier alpha value is 1.76. The molecule has 0 aliphatic rings. The van der Waals surface area contributed by atoms with Crippen LogP contribution in [0.5, 0.6) is 5.75 Å². The summed E-state index contributed by atoms with van der Waals surface area (Å²) in [7, 11) is 0. The van der Waals surface area contributed by atoms with Crippen molar-refractivity contribution in [3.63, 3.8) is 0 Å². The van der Waals surface area contributed by atoms with Crippen LogP contribution in [0.25, 0.3) is 0 Å². The quantitative estimate of drug-likeness (QED) is 0.396. The average molecular weight is 324 g/mol. The zero-order chi connectivity index (χ0) is 10.2. The molecule has 8 heteroatoms. The summed E-state index contributed by atoms with van der Waals surface area (Å²) in [4.78, 5) is 0. The van der Waals surface area contributed by atoms with Crippen molar-refractivity contribution in [3.8, 4) is 5.75 Å². The molecular weight excluding hydrogens is 324 g/mol. The van der Waals surface area contributed by atoms with Gasteiger partial charge < -0.3 is 4.29 Å². The second-order valence-corrected chi connectivity index (χ2v) is 4.02. The van der Waals surface area contributed by atoms with Crippen LogP contribution in [0, 0.1) is 0 Å². The van der Waals surface area contributed by atoms with Crippen molar-refractivity contribution < 1.29 is 4.29 Å². The van der Waals surface area contributed by atoms with E-state index in [9.17, 15) is 0 Å². The predicted molar refractivity (Wildman–Crippen MR) is 63.7 cm³/mol. The molecule has 0 amide bonds. The first-order valence-electron chi connectivity index (χ1n) is 2.80. The fourth-order valence-electron chi connectivity index (χ4n) is 0.652. The van der Waals surface area contributed by atoms with E-state index in [1.807, 2.05) is 0 Å². The summed E-state index contributed by atoms with van der Waals surface area (Å²) in [6.45, 7) is 0.